The van der Waals surface area contributed by atoms with E-state index in [1.165, 1.54) is 5.56 Å². The van der Waals surface area contributed by atoms with Crippen molar-refractivity contribution in [3.8, 4) is 12.3 Å². The first-order valence-electron chi connectivity index (χ1n) is 6.52. The lowest BCUT2D eigenvalue weighted by atomic mass is 9.85. The Kier molecular flexibility index (Phi) is 5.16. The minimum absolute atomic E-state index is 0.0831. The van der Waals surface area contributed by atoms with E-state index < -0.39 is 0 Å². The summed E-state index contributed by atoms with van der Waals surface area (Å²) in [5, 5.41) is 0. The molecule has 0 fully saturated rings. The van der Waals surface area contributed by atoms with Crippen LogP contribution in [0.5, 0.6) is 0 Å². The number of carbonyl (C=O) groups is 1. The summed E-state index contributed by atoms with van der Waals surface area (Å²) in [7, 11) is 0. The van der Waals surface area contributed by atoms with Crippen molar-refractivity contribution in [2.45, 2.75) is 51.9 Å². The average Bonchev–Trinajstić information content (AvgIpc) is 2.33. The molecule has 0 amide bonds. The summed E-state index contributed by atoms with van der Waals surface area (Å²) in [5.41, 5.74) is 2.11. The number of terminal acetylenes is 1. The summed E-state index contributed by atoms with van der Waals surface area (Å²) in [6, 6.07) is 7.96. The zero-order valence-electron chi connectivity index (χ0n) is 11.6. The molecule has 0 saturated carbocycles. The third-order valence-corrected chi connectivity index (χ3v) is 3.03. The molecule has 0 spiro atoms. The normalized spacial score (nSPS) is 11.0. The van der Waals surface area contributed by atoms with Crippen molar-refractivity contribution in [3.63, 3.8) is 0 Å². The Morgan fingerprint density at radius 2 is 2.00 bits per heavy atom. The minimum Gasteiger partial charge on any atom is -0.294 e. The maximum Gasteiger partial charge on any atom is 0.162 e. The highest BCUT2D eigenvalue weighted by Crippen LogP contribution is 2.23. The van der Waals surface area contributed by atoms with Gasteiger partial charge in [0.05, 0.1) is 0 Å². The van der Waals surface area contributed by atoms with Gasteiger partial charge in [0.2, 0.25) is 0 Å². The standard InChI is InChI=1S/C17H22O/c1-5-6-7-8-12-16(18)14-10-9-11-15(13-14)17(2,3)4/h1,9-11,13H,6-8,12H2,2-4H3. The van der Waals surface area contributed by atoms with E-state index in [0.29, 0.717) is 6.42 Å². The van der Waals surface area contributed by atoms with Crippen molar-refractivity contribution < 1.29 is 4.79 Å². The summed E-state index contributed by atoms with van der Waals surface area (Å²) in [6.07, 6.45) is 8.35. The molecule has 0 unspecified atom stereocenters. The number of Topliss-reactive ketones (excluding diaryl/α,β-unsaturated/α-hetero) is 1. The molecule has 0 bridgehead atoms. The van der Waals surface area contributed by atoms with Gasteiger partial charge in [-0.3, -0.25) is 4.79 Å². The van der Waals surface area contributed by atoms with Crippen LogP contribution in [0.1, 0.15) is 62.4 Å². The Balaban J connectivity index is 2.67. The lowest BCUT2D eigenvalue weighted by Gasteiger charge is -2.19. The monoisotopic (exact) mass is 242 g/mol. The lowest BCUT2D eigenvalue weighted by molar-refractivity contribution is 0.0979. The third-order valence-electron chi connectivity index (χ3n) is 3.03. The van der Waals surface area contributed by atoms with Crippen molar-refractivity contribution in [3.05, 3.63) is 35.4 Å². The van der Waals surface area contributed by atoms with Crippen LogP contribution in [0.3, 0.4) is 0 Å². The van der Waals surface area contributed by atoms with E-state index in [1.54, 1.807) is 0 Å². The Morgan fingerprint density at radius 1 is 1.28 bits per heavy atom. The lowest BCUT2D eigenvalue weighted by Crippen LogP contribution is -2.12. The fraction of sp³-hybridized carbons (Fsp3) is 0.471. The number of carbonyl (C=O) groups excluding carboxylic acids is 1. The molecular formula is C17H22O. The Hall–Kier alpha value is -1.55. The molecule has 96 valence electrons. The van der Waals surface area contributed by atoms with Crippen molar-refractivity contribution >= 4 is 5.78 Å². The smallest absolute Gasteiger partial charge is 0.162 e. The maximum absolute atomic E-state index is 12.0. The SMILES string of the molecule is C#CCCCCC(=O)c1cccc(C(C)(C)C)c1. The van der Waals surface area contributed by atoms with Gasteiger partial charge in [-0.05, 0) is 29.9 Å². The van der Waals surface area contributed by atoms with Crippen LogP contribution in [0.2, 0.25) is 0 Å². The van der Waals surface area contributed by atoms with Crippen LogP contribution in [0.15, 0.2) is 24.3 Å². The molecule has 0 aliphatic rings. The predicted molar refractivity (Wildman–Crippen MR) is 76.8 cm³/mol. The number of hydrogen-bond acceptors (Lipinski definition) is 1. The van der Waals surface area contributed by atoms with Gasteiger partial charge in [0, 0.05) is 18.4 Å². The van der Waals surface area contributed by atoms with E-state index in [0.717, 1.165) is 24.8 Å². The molecule has 0 radical (unpaired) electrons. The van der Waals surface area contributed by atoms with Gasteiger partial charge in [-0.1, -0.05) is 39.0 Å². The molecule has 0 N–H and O–H groups in total. The molecule has 0 aromatic heterocycles. The van der Waals surface area contributed by atoms with Gasteiger partial charge < -0.3 is 0 Å². The molecule has 1 heteroatoms. The van der Waals surface area contributed by atoms with E-state index in [1.807, 2.05) is 18.2 Å². The number of unbranched alkanes of at least 4 members (excludes halogenated alkanes) is 2. The van der Waals surface area contributed by atoms with Gasteiger partial charge in [0.15, 0.2) is 5.78 Å². The molecule has 1 nitrogen and oxygen atoms in total. The Bertz CT molecular complexity index is 443. The van der Waals surface area contributed by atoms with Crippen LogP contribution in [0.4, 0.5) is 0 Å². The zero-order chi connectivity index (χ0) is 13.6. The fourth-order valence-electron chi connectivity index (χ4n) is 1.82. The highest BCUT2D eigenvalue weighted by atomic mass is 16.1. The number of rotatable bonds is 5. The number of benzene rings is 1. The second kappa shape index (κ2) is 6.40. The quantitative estimate of drug-likeness (QED) is 0.426. The molecule has 0 heterocycles. The van der Waals surface area contributed by atoms with E-state index in [4.69, 9.17) is 6.42 Å². The first-order chi connectivity index (χ1) is 8.45. The summed E-state index contributed by atoms with van der Waals surface area (Å²) in [4.78, 5) is 12.0. The van der Waals surface area contributed by atoms with E-state index >= 15 is 0 Å². The van der Waals surface area contributed by atoms with Gasteiger partial charge in [-0.2, -0.15) is 0 Å². The first kappa shape index (κ1) is 14.5. The molecule has 1 aromatic rings. The summed E-state index contributed by atoms with van der Waals surface area (Å²) < 4.78 is 0. The van der Waals surface area contributed by atoms with Crippen LogP contribution < -0.4 is 0 Å². The largest absolute Gasteiger partial charge is 0.294 e. The van der Waals surface area contributed by atoms with Crippen molar-refractivity contribution in [2.75, 3.05) is 0 Å². The van der Waals surface area contributed by atoms with Crippen molar-refractivity contribution in [1.29, 1.82) is 0 Å². The average molecular weight is 242 g/mol. The summed E-state index contributed by atoms with van der Waals surface area (Å²) in [5.74, 6) is 2.82. The Morgan fingerprint density at radius 3 is 2.61 bits per heavy atom. The number of ketones is 1. The highest BCUT2D eigenvalue weighted by Gasteiger charge is 2.15. The molecule has 0 aliphatic heterocycles. The first-order valence-corrected chi connectivity index (χ1v) is 6.52. The molecule has 0 aliphatic carbocycles. The highest BCUT2D eigenvalue weighted by molar-refractivity contribution is 5.96. The second-order valence-electron chi connectivity index (χ2n) is 5.67. The van der Waals surface area contributed by atoms with Crippen molar-refractivity contribution in [2.24, 2.45) is 0 Å². The van der Waals surface area contributed by atoms with Gasteiger partial charge in [-0.15, -0.1) is 12.3 Å². The minimum atomic E-state index is 0.0831. The molecule has 0 saturated heterocycles. The molecular weight excluding hydrogens is 220 g/mol. The van der Waals surface area contributed by atoms with Crippen LogP contribution in [0, 0.1) is 12.3 Å². The van der Waals surface area contributed by atoms with Crippen LogP contribution in [-0.4, -0.2) is 5.78 Å². The maximum atomic E-state index is 12.0. The van der Waals surface area contributed by atoms with Crippen LogP contribution >= 0.6 is 0 Å². The zero-order valence-corrected chi connectivity index (χ0v) is 11.6. The van der Waals surface area contributed by atoms with Gasteiger partial charge in [0.25, 0.3) is 0 Å². The predicted octanol–water partition coefficient (Wildman–Crippen LogP) is 4.36. The van der Waals surface area contributed by atoms with E-state index in [9.17, 15) is 4.79 Å². The fourth-order valence-corrected chi connectivity index (χ4v) is 1.82. The van der Waals surface area contributed by atoms with Crippen LogP contribution in [-0.2, 0) is 5.41 Å². The molecule has 0 atom stereocenters. The second-order valence-corrected chi connectivity index (χ2v) is 5.67. The van der Waals surface area contributed by atoms with Gasteiger partial charge in [-0.25, -0.2) is 0 Å². The van der Waals surface area contributed by atoms with E-state index in [-0.39, 0.29) is 11.2 Å². The summed E-state index contributed by atoms with van der Waals surface area (Å²) >= 11 is 0. The van der Waals surface area contributed by atoms with Gasteiger partial charge >= 0.3 is 0 Å². The van der Waals surface area contributed by atoms with E-state index in [2.05, 4.69) is 32.8 Å². The number of hydrogen-bond donors (Lipinski definition) is 0. The Labute approximate surface area is 111 Å². The topological polar surface area (TPSA) is 17.1 Å². The molecule has 18 heavy (non-hydrogen) atoms. The van der Waals surface area contributed by atoms with Gasteiger partial charge in [0.1, 0.15) is 0 Å². The summed E-state index contributed by atoms with van der Waals surface area (Å²) in [6.45, 7) is 6.47. The molecule has 1 aromatic carbocycles. The third kappa shape index (κ3) is 4.37. The van der Waals surface area contributed by atoms with Crippen LogP contribution in [0.25, 0.3) is 0 Å². The molecule has 1 rings (SSSR count). The van der Waals surface area contributed by atoms with Crippen molar-refractivity contribution in [1.82, 2.24) is 0 Å².